The lowest BCUT2D eigenvalue weighted by molar-refractivity contribution is 0.698. The third-order valence-electron chi connectivity index (χ3n) is 2.75. The van der Waals surface area contributed by atoms with Crippen LogP contribution in [0.2, 0.25) is 0 Å². The number of fused-ring (bicyclic) bond motifs is 1. The molecule has 0 saturated heterocycles. The van der Waals surface area contributed by atoms with E-state index in [-0.39, 0.29) is 5.56 Å². The van der Waals surface area contributed by atoms with Gasteiger partial charge in [0.05, 0.1) is 17.2 Å². The van der Waals surface area contributed by atoms with Gasteiger partial charge >= 0.3 is 0 Å². The summed E-state index contributed by atoms with van der Waals surface area (Å²) in [4.78, 5) is 16.3. The Morgan fingerprint density at radius 3 is 2.93 bits per heavy atom. The minimum absolute atomic E-state index is 0.0230. The predicted molar refractivity (Wildman–Crippen MR) is 58.7 cm³/mol. The molecule has 4 nitrogen and oxygen atoms in total. The number of nitrogens with zero attached hydrogens (tertiary/aromatic N) is 2. The van der Waals surface area contributed by atoms with Gasteiger partial charge in [0.1, 0.15) is 0 Å². The number of benzene rings is 1. The number of rotatable bonds is 1. The Kier molecular flexibility index (Phi) is 1.59. The fourth-order valence-electron chi connectivity index (χ4n) is 1.77. The number of nitrogens with two attached hydrogens (primary N) is 1. The first-order valence-electron chi connectivity index (χ1n) is 5.02. The molecule has 0 radical (unpaired) electrons. The Balaban J connectivity index is 2.35. The van der Waals surface area contributed by atoms with Crippen LogP contribution in [0.15, 0.2) is 29.3 Å². The van der Waals surface area contributed by atoms with Crippen molar-refractivity contribution < 1.29 is 0 Å². The smallest absolute Gasteiger partial charge is 0.261 e. The van der Waals surface area contributed by atoms with Crippen molar-refractivity contribution in [1.29, 1.82) is 0 Å². The first-order valence-corrected chi connectivity index (χ1v) is 5.02. The first-order chi connectivity index (χ1) is 7.25. The van der Waals surface area contributed by atoms with Gasteiger partial charge in [-0.3, -0.25) is 9.36 Å². The van der Waals surface area contributed by atoms with Gasteiger partial charge in [0.25, 0.3) is 5.56 Å². The molecule has 2 aromatic rings. The average molecular weight is 201 g/mol. The third kappa shape index (κ3) is 1.29. The van der Waals surface area contributed by atoms with Crippen LogP contribution >= 0.6 is 0 Å². The van der Waals surface area contributed by atoms with E-state index in [9.17, 15) is 4.79 Å². The molecule has 1 fully saturated rings. The van der Waals surface area contributed by atoms with E-state index in [0.29, 0.717) is 22.6 Å². The summed E-state index contributed by atoms with van der Waals surface area (Å²) in [7, 11) is 0. The topological polar surface area (TPSA) is 60.9 Å². The molecule has 1 aliphatic carbocycles. The van der Waals surface area contributed by atoms with E-state index < -0.39 is 0 Å². The van der Waals surface area contributed by atoms with Crippen LogP contribution in [0.3, 0.4) is 0 Å². The zero-order chi connectivity index (χ0) is 10.4. The molecule has 1 aromatic heterocycles. The highest BCUT2D eigenvalue weighted by atomic mass is 16.1. The molecule has 0 unspecified atom stereocenters. The van der Waals surface area contributed by atoms with E-state index in [2.05, 4.69) is 4.98 Å². The minimum atomic E-state index is 0.0230. The normalized spacial score (nSPS) is 15.7. The minimum Gasteiger partial charge on any atom is -0.399 e. The van der Waals surface area contributed by atoms with Gasteiger partial charge < -0.3 is 5.73 Å². The molecule has 1 heterocycles. The molecule has 3 rings (SSSR count). The molecule has 0 aliphatic heterocycles. The fraction of sp³-hybridized carbons (Fsp3) is 0.273. The van der Waals surface area contributed by atoms with E-state index in [1.165, 1.54) is 0 Å². The van der Waals surface area contributed by atoms with Crippen molar-refractivity contribution in [2.24, 2.45) is 0 Å². The van der Waals surface area contributed by atoms with Gasteiger partial charge in [0.2, 0.25) is 0 Å². The summed E-state index contributed by atoms with van der Waals surface area (Å²) >= 11 is 0. The van der Waals surface area contributed by atoms with Crippen molar-refractivity contribution in [2.75, 3.05) is 5.73 Å². The second-order valence-corrected chi connectivity index (χ2v) is 3.96. The highest BCUT2D eigenvalue weighted by Crippen LogP contribution is 2.33. The van der Waals surface area contributed by atoms with Crippen LogP contribution in [0.1, 0.15) is 18.9 Å². The highest BCUT2D eigenvalue weighted by Gasteiger charge is 2.25. The lowest BCUT2D eigenvalue weighted by Gasteiger charge is -2.04. The Hall–Kier alpha value is -1.84. The molecule has 76 valence electrons. The van der Waals surface area contributed by atoms with Crippen LogP contribution in [0.4, 0.5) is 5.69 Å². The molecule has 4 heteroatoms. The van der Waals surface area contributed by atoms with Crippen molar-refractivity contribution in [3.05, 3.63) is 34.9 Å². The number of hydrogen-bond acceptors (Lipinski definition) is 3. The van der Waals surface area contributed by atoms with Crippen molar-refractivity contribution in [3.8, 4) is 0 Å². The molecule has 0 bridgehead atoms. The first kappa shape index (κ1) is 8.47. The van der Waals surface area contributed by atoms with Gasteiger partial charge in [-0.1, -0.05) is 0 Å². The standard InChI is InChI=1S/C11H11N3O/c12-7-1-4-10-9(5-7)11(15)14(6-13-10)8-2-3-8/h1,4-6,8H,2-3,12H2. The molecule has 1 saturated carbocycles. The summed E-state index contributed by atoms with van der Waals surface area (Å²) in [5.41, 5.74) is 7.00. The summed E-state index contributed by atoms with van der Waals surface area (Å²) in [6.45, 7) is 0. The van der Waals surface area contributed by atoms with Gasteiger partial charge in [0, 0.05) is 11.7 Å². The summed E-state index contributed by atoms with van der Waals surface area (Å²) in [6, 6.07) is 5.60. The van der Waals surface area contributed by atoms with E-state index >= 15 is 0 Å². The average Bonchev–Trinajstić information content (AvgIpc) is 3.03. The molecule has 1 aromatic carbocycles. The molecule has 15 heavy (non-hydrogen) atoms. The van der Waals surface area contributed by atoms with Gasteiger partial charge in [0.15, 0.2) is 0 Å². The van der Waals surface area contributed by atoms with E-state index in [1.807, 2.05) is 0 Å². The summed E-state index contributed by atoms with van der Waals surface area (Å²) in [5.74, 6) is 0. The van der Waals surface area contributed by atoms with E-state index in [0.717, 1.165) is 12.8 Å². The molecule has 0 spiro atoms. The Labute approximate surface area is 86.4 Å². The predicted octanol–water partition coefficient (Wildman–Crippen LogP) is 1.31. The van der Waals surface area contributed by atoms with Gasteiger partial charge in [-0.05, 0) is 31.0 Å². The molecule has 0 amide bonds. The fourth-order valence-corrected chi connectivity index (χ4v) is 1.77. The van der Waals surface area contributed by atoms with Crippen molar-refractivity contribution in [2.45, 2.75) is 18.9 Å². The summed E-state index contributed by atoms with van der Waals surface area (Å²) in [5, 5.41) is 0.615. The van der Waals surface area contributed by atoms with Crippen LogP contribution in [0, 0.1) is 0 Å². The monoisotopic (exact) mass is 201 g/mol. The van der Waals surface area contributed by atoms with Crippen molar-refractivity contribution in [1.82, 2.24) is 9.55 Å². The van der Waals surface area contributed by atoms with Crippen LogP contribution in [-0.2, 0) is 0 Å². The molecular weight excluding hydrogens is 190 g/mol. The Morgan fingerprint density at radius 1 is 1.40 bits per heavy atom. The zero-order valence-corrected chi connectivity index (χ0v) is 8.18. The molecule has 0 atom stereocenters. The van der Waals surface area contributed by atoms with Gasteiger partial charge in [-0.25, -0.2) is 4.98 Å². The van der Waals surface area contributed by atoms with Crippen LogP contribution in [0.25, 0.3) is 10.9 Å². The SMILES string of the molecule is Nc1ccc2ncn(C3CC3)c(=O)c2c1. The van der Waals surface area contributed by atoms with Gasteiger partial charge in [-0.15, -0.1) is 0 Å². The van der Waals surface area contributed by atoms with Crippen LogP contribution in [0.5, 0.6) is 0 Å². The quantitative estimate of drug-likeness (QED) is 0.708. The van der Waals surface area contributed by atoms with Gasteiger partial charge in [-0.2, -0.15) is 0 Å². The highest BCUT2D eigenvalue weighted by molar-refractivity contribution is 5.80. The van der Waals surface area contributed by atoms with E-state index in [1.54, 1.807) is 29.1 Å². The largest absolute Gasteiger partial charge is 0.399 e. The van der Waals surface area contributed by atoms with Crippen LogP contribution < -0.4 is 11.3 Å². The maximum absolute atomic E-state index is 12.0. The van der Waals surface area contributed by atoms with Crippen LogP contribution in [-0.4, -0.2) is 9.55 Å². The van der Waals surface area contributed by atoms with Crippen molar-refractivity contribution >= 4 is 16.6 Å². The molecular formula is C11H11N3O. The number of anilines is 1. The van der Waals surface area contributed by atoms with E-state index in [4.69, 9.17) is 5.73 Å². The lowest BCUT2D eigenvalue weighted by Crippen LogP contribution is -2.19. The zero-order valence-electron chi connectivity index (χ0n) is 8.18. The summed E-state index contributed by atoms with van der Waals surface area (Å²) < 4.78 is 1.71. The second kappa shape index (κ2) is 2.82. The maximum Gasteiger partial charge on any atom is 0.261 e. The molecule has 1 aliphatic rings. The third-order valence-corrected chi connectivity index (χ3v) is 2.75. The maximum atomic E-state index is 12.0. The second-order valence-electron chi connectivity index (χ2n) is 3.96. The number of aromatic nitrogens is 2. The molecule has 2 N–H and O–H groups in total. The Bertz CT molecular complexity index is 584. The summed E-state index contributed by atoms with van der Waals surface area (Å²) in [6.07, 6.45) is 3.79. The lowest BCUT2D eigenvalue weighted by atomic mass is 10.2. The number of hydrogen-bond donors (Lipinski definition) is 1. The van der Waals surface area contributed by atoms with Crippen molar-refractivity contribution in [3.63, 3.8) is 0 Å². The Morgan fingerprint density at radius 2 is 2.20 bits per heavy atom. The number of nitrogen functional groups attached to an aromatic ring is 1.